The lowest BCUT2D eigenvalue weighted by molar-refractivity contribution is -0.119. The molecule has 2 heterocycles. The first kappa shape index (κ1) is 18.2. The van der Waals surface area contributed by atoms with E-state index < -0.39 is 0 Å². The largest absolute Gasteiger partial charge is 0.345 e. The Morgan fingerprint density at radius 1 is 0.857 bits per heavy atom. The van der Waals surface area contributed by atoms with Crippen molar-refractivity contribution in [3.8, 4) is 22.5 Å². The van der Waals surface area contributed by atoms with Crippen molar-refractivity contribution < 1.29 is 13.6 Å². The van der Waals surface area contributed by atoms with Gasteiger partial charge in [0.25, 0.3) is 0 Å². The maximum atomic E-state index is 13.4. The molecule has 1 fully saturated rings. The summed E-state index contributed by atoms with van der Waals surface area (Å²) in [4.78, 5) is 22.2. The number of benzene rings is 2. The Bertz CT molecular complexity index is 966. The zero-order valence-electron chi connectivity index (χ0n) is 15.2. The van der Waals surface area contributed by atoms with E-state index in [4.69, 9.17) is 4.98 Å². The number of aromatic nitrogens is 2. The van der Waals surface area contributed by atoms with Gasteiger partial charge in [-0.05, 0) is 61.4 Å². The monoisotopic (exact) mass is 379 g/mol. The molecule has 0 radical (unpaired) electrons. The smallest absolute Gasteiger partial charge is 0.209 e. The van der Waals surface area contributed by atoms with Gasteiger partial charge in [-0.1, -0.05) is 0 Å². The number of nitrogens with zero attached hydrogens (tertiary/aromatic N) is 3. The first-order valence-corrected chi connectivity index (χ1v) is 9.22. The van der Waals surface area contributed by atoms with Crippen molar-refractivity contribution >= 4 is 6.41 Å². The molecular formula is C22H19F2N3O. The van der Waals surface area contributed by atoms with Crippen molar-refractivity contribution in [2.75, 3.05) is 13.1 Å². The van der Waals surface area contributed by atoms with E-state index in [2.05, 4.69) is 4.98 Å². The zero-order valence-corrected chi connectivity index (χ0v) is 15.2. The molecule has 1 aliphatic heterocycles. The van der Waals surface area contributed by atoms with Gasteiger partial charge in [0.15, 0.2) is 0 Å². The highest BCUT2D eigenvalue weighted by atomic mass is 19.1. The highest BCUT2D eigenvalue weighted by molar-refractivity contribution is 5.77. The molecule has 0 aliphatic carbocycles. The first-order chi connectivity index (χ1) is 13.6. The SMILES string of the molecule is O=CN1CCC(c2cnc(-c3ccc(F)cc3)c(-c3ccc(F)cc3)n2)CC1. The Morgan fingerprint density at radius 3 is 1.93 bits per heavy atom. The Kier molecular flexibility index (Phi) is 5.10. The molecule has 142 valence electrons. The number of rotatable bonds is 4. The van der Waals surface area contributed by atoms with E-state index in [0.29, 0.717) is 24.5 Å². The normalized spacial score (nSPS) is 14.9. The summed E-state index contributed by atoms with van der Waals surface area (Å²) >= 11 is 0. The molecule has 4 rings (SSSR count). The van der Waals surface area contributed by atoms with Crippen LogP contribution in [0.2, 0.25) is 0 Å². The maximum absolute atomic E-state index is 13.4. The molecule has 0 spiro atoms. The van der Waals surface area contributed by atoms with Gasteiger partial charge in [0.2, 0.25) is 6.41 Å². The van der Waals surface area contributed by atoms with Crippen LogP contribution in [0.4, 0.5) is 8.78 Å². The molecule has 0 bridgehead atoms. The minimum atomic E-state index is -0.322. The lowest BCUT2D eigenvalue weighted by atomic mass is 9.93. The van der Waals surface area contributed by atoms with Gasteiger partial charge in [0.1, 0.15) is 11.6 Å². The number of amides is 1. The van der Waals surface area contributed by atoms with E-state index >= 15 is 0 Å². The summed E-state index contributed by atoms with van der Waals surface area (Å²) in [6, 6.07) is 12.2. The van der Waals surface area contributed by atoms with Crippen LogP contribution in [0.15, 0.2) is 54.7 Å². The third-order valence-corrected chi connectivity index (χ3v) is 5.12. The standard InChI is InChI=1S/C22H19F2N3O/c23-18-5-1-16(2-6-18)21-22(17-3-7-19(24)8-4-17)26-20(13-25-21)15-9-11-27(14-28)12-10-15/h1-8,13-15H,9-12H2. The number of piperidine rings is 1. The van der Waals surface area contributed by atoms with Crippen molar-refractivity contribution in [3.05, 3.63) is 72.1 Å². The summed E-state index contributed by atoms with van der Waals surface area (Å²) in [5.41, 5.74) is 3.62. The van der Waals surface area contributed by atoms with E-state index in [-0.39, 0.29) is 17.6 Å². The summed E-state index contributed by atoms with van der Waals surface area (Å²) < 4.78 is 26.7. The fraction of sp³-hybridized carbons (Fsp3) is 0.227. The Labute approximate surface area is 161 Å². The minimum Gasteiger partial charge on any atom is -0.345 e. The number of likely N-dealkylation sites (tertiary alicyclic amines) is 1. The number of carbonyl (C=O) groups is 1. The van der Waals surface area contributed by atoms with E-state index in [9.17, 15) is 13.6 Å². The van der Waals surface area contributed by atoms with Gasteiger partial charge in [-0.15, -0.1) is 0 Å². The van der Waals surface area contributed by atoms with Crippen LogP contribution >= 0.6 is 0 Å². The predicted molar refractivity (Wildman–Crippen MR) is 102 cm³/mol. The third-order valence-electron chi connectivity index (χ3n) is 5.12. The van der Waals surface area contributed by atoms with E-state index in [1.165, 1.54) is 24.3 Å². The van der Waals surface area contributed by atoms with Crippen LogP contribution in [0.25, 0.3) is 22.5 Å². The molecule has 4 nitrogen and oxygen atoms in total. The highest BCUT2D eigenvalue weighted by Crippen LogP contribution is 2.33. The van der Waals surface area contributed by atoms with Crippen molar-refractivity contribution in [3.63, 3.8) is 0 Å². The number of halogens is 2. The van der Waals surface area contributed by atoms with E-state index in [1.54, 1.807) is 35.4 Å². The average molecular weight is 379 g/mol. The highest BCUT2D eigenvalue weighted by Gasteiger charge is 2.23. The van der Waals surface area contributed by atoms with E-state index in [0.717, 1.165) is 36.1 Å². The molecule has 6 heteroatoms. The molecular weight excluding hydrogens is 360 g/mol. The Morgan fingerprint density at radius 2 is 1.39 bits per heavy atom. The van der Waals surface area contributed by atoms with Crippen LogP contribution < -0.4 is 0 Å². The fourth-order valence-electron chi connectivity index (χ4n) is 3.53. The van der Waals surface area contributed by atoms with Gasteiger partial charge in [-0.25, -0.2) is 13.8 Å². The second kappa shape index (κ2) is 7.84. The average Bonchev–Trinajstić information content (AvgIpc) is 2.75. The summed E-state index contributed by atoms with van der Waals surface area (Å²) in [5, 5.41) is 0. The molecule has 0 unspecified atom stereocenters. The van der Waals surface area contributed by atoms with Gasteiger partial charge in [0, 0.05) is 36.3 Å². The van der Waals surface area contributed by atoms with Crippen molar-refractivity contribution in [1.29, 1.82) is 0 Å². The minimum absolute atomic E-state index is 0.213. The molecule has 0 saturated carbocycles. The number of carbonyl (C=O) groups excluding carboxylic acids is 1. The third kappa shape index (κ3) is 3.76. The first-order valence-electron chi connectivity index (χ1n) is 9.22. The molecule has 1 aromatic heterocycles. The van der Waals surface area contributed by atoms with Crippen LogP contribution in [-0.4, -0.2) is 34.4 Å². The summed E-state index contributed by atoms with van der Waals surface area (Å²) in [7, 11) is 0. The molecule has 28 heavy (non-hydrogen) atoms. The van der Waals surface area contributed by atoms with Crippen molar-refractivity contribution in [2.24, 2.45) is 0 Å². The second-order valence-corrected chi connectivity index (χ2v) is 6.92. The molecule has 2 aromatic carbocycles. The molecule has 1 aliphatic rings. The van der Waals surface area contributed by atoms with Crippen LogP contribution in [0.3, 0.4) is 0 Å². The molecule has 3 aromatic rings. The van der Waals surface area contributed by atoms with Gasteiger partial charge >= 0.3 is 0 Å². The second-order valence-electron chi connectivity index (χ2n) is 6.92. The molecule has 1 amide bonds. The Balaban J connectivity index is 1.75. The lowest BCUT2D eigenvalue weighted by Gasteiger charge is -2.29. The zero-order chi connectivity index (χ0) is 19.5. The van der Waals surface area contributed by atoms with Crippen molar-refractivity contribution in [1.82, 2.24) is 14.9 Å². The van der Waals surface area contributed by atoms with Crippen LogP contribution in [-0.2, 0) is 4.79 Å². The molecule has 1 saturated heterocycles. The topological polar surface area (TPSA) is 46.1 Å². The van der Waals surface area contributed by atoms with Crippen LogP contribution in [0.1, 0.15) is 24.5 Å². The summed E-state index contributed by atoms with van der Waals surface area (Å²) in [6.07, 6.45) is 4.29. The predicted octanol–water partition coefficient (Wildman–Crippen LogP) is 4.42. The van der Waals surface area contributed by atoms with Gasteiger partial charge in [-0.2, -0.15) is 0 Å². The summed E-state index contributed by atoms with van der Waals surface area (Å²) in [6.45, 7) is 1.39. The lowest BCUT2D eigenvalue weighted by Crippen LogP contribution is -2.32. The molecule has 0 atom stereocenters. The fourth-order valence-corrected chi connectivity index (χ4v) is 3.53. The number of hydrogen-bond acceptors (Lipinski definition) is 3. The molecule has 0 N–H and O–H groups in total. The van der Waals surface area contributed by atoms with Gasteiger partial charge in [-0.3, -0.25) is 9.78 Å². The number of hydrogen-bond donors (Lipinski definition) is 0. The van der Waals surface area contributed by atoms with Crippen LogP contribution in [0, 0.1) is 11.6 Å². The van der Waals surface area contributed by atoms with Gasteiger partial charge < -0.3 is 4.90 Å². The Hall–Kier alpha value is -3.15. The van der Waals surface area contributed by atoms with Gasteiger partial charge in [0.05, 0.1) is 17.1 Å². The quantitative estimate of drug-likeness (QED) is 0.630. The van der Waals surface area contributed by atoms with Crippen molar-refractivity contribution in [2.45, 2.75) is 18.8 Å². The van der Waals surface area contributed by atoms with Crippen LogP contribution in [0.5, 0.6) is 0 Å². The summed E-state index contributed by atoms with van der Waals surface area (Å²) in [5.74, 6) is -0.429. The maximum Gasteiger partial charge on any atom is 0.209 e. The van der Waals surface area contributed by atoms with E-state index in [1.807, 2.05) is 0 Å².